The normalized spacial score (nSPS) is 19.4. The molecule has 0 radical (unpaired) electrons. The lowest BCUT2D eigenvalue weighted by atomic mass is 9.89. The predicted molar refractivity (Wildman–Crippen MR) is 121 cm³/mol. The van der Waals surface area contributed by atoms with E-state index in [1.807, 2.05) is 0 Å². The zero-order valence-corrected chi connectivity index (χ0v) is 19.7. The van der Waals surface area contributed by atoms with E-state index >= 15 is 0 Å². The monoisotopic (exact) mass is 476 g/mol. The van der Waals surface area contributed by atoms with Gasteiger partial charge in [-0.25, -0.2) is 9.59 Å². The minimum atomic E-state index is -1.82. The van der Waals surface area contributed by atoms with Crippen molar-refractivity contribution in [2.24, 2.45) is 0 Å². The van der Waals surface area contributed by atoms with E-state index in [4.69, 9.17) is 39.0 Å². The van der Waals surface area contributed by atoms with Gasteiger partial charge in [-0.2, -0.15) is 10.2 Å². The largest absolute Gasteiger partial charge is 0.475 e. The minimum absolute atomic E-state index is 0.284. The molecule has 11 heteroatoms. The molecule has 1 aromatic heterocycles. The third-order valence-corrected chi connectivity index (χ3v) is 6.02. The Morgan fingerprint density at radius 1 is 1.12 bits per heavy atom. The minimum Gasteiger partial charge on any atom is -0.475 e. The molecule has 186 valence electrons. The van der Waals surface area contributed by atoms with Crippen LogP contribution in [0, 0.1) is 11.3 Å². The van der Waals surface area contributed by atoms with Gasteiger partial charge in [0.1, 0.15) is 24.1 Å². The lowest BCUT2D eigenvalue weighted by Crippen LogP contribution is -2.39. The van der Waals surface area contributed by atoms with Gasteiger partial charge < -0.3 is 29.3 Å². The first-order valence-electron chi connectivity index (χ1n) is 11.5. The maximum atomic E-state index is 9.90. The number of hydrogen-bond donors (Lipinski definition) is 2. The number of rotatable bonds is 5. The third kappa shape index (κ3) is 6.56. The van der Waals surface area contributed by atoms with Gasteiger partial charge in [-0.05, 0) is 32.3 Å². The molecule has 4 heterocycles. The summed E-state index contributed by atoms with van der Waals surface area (Å²) < 4.78 is 17.5. The van der Waals surface area contributed by atoms with E-state index in [2.05, 4.69) is 29.7 Å². The molecule has 11 nitrogen and oxygen atoms in total. The van der Waals surface area contributed by atoms with Crippen LogP contribution in [0.1, 0.15) is 43.4 Å². The van der Waals surface area contributed by atoms with E-state index in [-0.39, 0.29) is 5.60 Å². The van der Waals surface area contributed by atoms with Crippen molar-refractivity contribution >= 4 is 17.8 Å². The van der Waals surface area contributed by atoms with Crippen LogP contribution in [-0.2, 0) is 32.1 Å². The first kappa shape index (κ1) is 25.7. The van der Waals surface area contributed by atoms with Crippen LogP contribution in [0.5, 0.6) is 5.88 Å². The molecule has 2 N–H and O–H groups in total. The highest BCUT2D eigenvalue weighted by Crippen LogP contribution is 2.39. The van der Waals surface area contributed by atoms with Crippen LogP contribution >= 0.6 is 0 Å². The number of anilines is 1. The third-order valence-electron chi connectivity index (χ3n) is 6.02. The van der Waals surface area contributed by atoms with Crippen molar-refractivity contribution in [1.29, 1.82) is 5.26 Å². The summed E-state index contributed by atoms with van der Waals surface area (Å²) in [4.78, 5) is 27.7. The number of nitrogens with zero attached hydrogens (tertiary/aromatic N) is 4. The predicted octanol–water partition coefficient (Wildman–Crippen LogP) is 1.27. The summed E-state index contributed by atoms with van der Waals surface area (Å²) in [7, 11) is 0. The molecule has 2 fully saturated rings. The number of morpholine rings is 1. The van der Waals surface area contributed by atoms with Gasteiger partial charge in [0.25, 0.3) is 0 Å². The number of hydrogen-bond acceptors (Lipinski definition) is 9. The number of carbonyl (C=O) groups is 2. The van der Waals surface area contributed by atoms with Crippen molar-refractivity contribution in [2.75, 3.05) is 57.4 Å². The lowest BCUT2D eigenvalue weighted by Gasteiger charge is -2.35. The van der Waals surface area contributed by atoms with E-state index in [1.54, 1.807) is 0 Å². The van der Waals surface area contributed by atoms with E-state index in [0.29, 0.717) is 31.1 Å². The van der Waals surface area contributed by atoms with Crippen molar-refractivity contribution in [2.45, 2.75) is 45.3 Å². The van der Waals surface area contributed by atoms with Crippen molar-refractivity contribution in [3.05, 3.63) is 16.7 Å². The second kappa shape index (κ2) is 11.5. The number of ether oxygens (including phenoxy) is 3. The highest BCUT2D eigenvalue weighted by atomic mass is 16.5. The van der Waals surface area contributed by atoms with Crippen molar-refractivity contribution in [3.8, 4) is 11.9 Å². The average Bonchev–Trinajstić information content (AvgIpc) is 3.33. The molecule has 0 bridgehead atoms. The van der Waals surface area contributed by atoms with Gasteiger partial charge in [0.2, 0.25) is 5.88 Å². The smallest absolute Gasteiger partial charge is 0.414 e. The Kier molecular flexibility index (Phi) is 8.66. The van der Waals surface area contributed by atoms with Gasteiger partial charge in [-0.1, -0.05) is 0 Å². The summed E-state index contributed by atoms with van der Waals surface area (Å²) in [5.41, 5.74) is 2.42. The van der Waals surface area contributed by atoms with Crippen molar-refractivity contribution in [1.82, 2.24) is 9.88 Å². The SMILES string of the molecule is CC1(C)Cc2c(C#N)c(OCCN3CCOCC3)nc(N3CCCC3)c2CO1.O=C(O)C(=O)O. The van der Waals surface area contributed by atoms with Gasteiger partial charge in [0.05, 0.1) is 25.4 Å². The number of pyridine rings is 1. The molecule has 1 aromatic rings. The molecule has 0 aromatic carbocycles. The fourth-order valence-electron chi connectivity index (χ4n) is 4.23. The average molecular weight is 477 g/mol. The lowest BCUT2D eigenvalue weighted by molar-refractivity contribution is -0.159. The fourth-order valence-corrected chi connectivity index (χ4v) is 4.23. The molecule has 3 aliphatic heterocycles. The van der Waals surface area contributed by atoms with Gasteiger partial charge in [0, 0.05) is 44.7 Å². The number of nitriles is 1. The highest BCUT2D eigenvalue weighted by Gasteiger charge is 2.34. The van der Waals surface area contributed by atoms with Crippen LogP contribution in [0.2, 0.25) is 0 Å². The summed E-state index contributed by atoms with van der Waals surface area (Å²) in [5.74, 6) is -2.22. The molecule has 0 atom stereocenters. The molecule has 4 rings (SSSR count). The van der Waals surface area contributed by atoms with E-state index < -0.39 is 11.9 Å². The topological polar surface area (TPSA) is 145 Å². The van der Waals surface area contributed by atoms with Crippen LogP contribution in [0.3, 0.4) is 0 Å². The number of fused-ring (bicyclic) bond motifs is 1. The van der Waals surface area contributed by atoms with Crippen LogP contribution in [0.4, 0.5) is 5.82 Å². The zero-order valence-electron chi connectivity index (χ0n) is 19.7. The quantitative estimate of drug-likeness (QED) is 0.592. The molecule has 34 heavy (non-hydrogen) atoms. The number of aromatic nitrogens is 1. The zero-order chi connectivity index (χ0) is 24.7. The van der Waals surface area contributed by atoms with Gasteiger partial charge in [0.15, 0.2) is 0 Å². The second-order valence-corrected chi connectivity index (χ2v) is 9.02. The number of carboxylic acids is 2. The number of carboxylic acid groups (broad SMARTS) is 2. The maximum Gasteiger partial charge on any atom is 0.414 e. The van der Waals surface area contributed by atoms with E-state index in [9.17, 15) is 5.26 Å². The second-order valence-electron chi connectivity index (χ2n) is 9.02. The first-order chi connectivity index (χ1) is 16.2. The first-order valence-corrected chi connectivity index (χ1v) is 11.5. The summed E-state index contributed by atoms with van der Waals surface area (Å²) in [6, 6.07) is 2.37. The van der Waals surface area contributed by atoms with Gasteiger partial charge >= 0.3 is 11.9 Å². The standard InChI is InChI=1S/C21H30N4O3.C2H2O4/c1-21(2)13-16-17(14-22)20(27-12-9-24-7-10-26-11-8-24)23-19(18(16)15-28-21)25-5-3-4-6-25;3-1(4)2(5)6/h3-13,15H2,1-2H3;(H,3,4)(H,5,6). The van der Waals surface area contributed by atoms with Crippen LogP contribution in [0.25, 0.3) is 0 Å². The summed E-state index contributed by atoms with van der Waals surface area (Å²) in [6.07, 6.45) is 3.06. The Morgan fingerprint density at radius 3 is 2.35 bits per heavy atom. The van der Waals surface area contributed by atoms with E-state index in [0.717, 1.165) is 62.9 Å². The number of aliphatic carboxylic acids is 2. The molecule has 0 unspecified atom stereocenters. The van der Waals surface area contributed by atoms with Gasteiger partial charge in [-0.15, -0.1) is 0 Å². The molecule has 0 amide bonds. The Labute approximate surface area is 198 Å². The van der Waals surface area contributed by atoms with Crippen LogP contribution in [0.15, 0.2) is 0 Å². The summed E-state index contributed by atoms with van der Waals surface area (Å²) in [5, 5.41) is 24.7. The molecule has 2 saturated heterocycles. The molecular formula is C23H32N4O7. The molecule has 0 spiro atoms. The van der Waals surface area contributed by atoms with Crippen molar-refractivity contribution in [3.63, 3.8) is 0 Å². The Morgan fingerprint density at radius 2 is 1.76 bits per heavy atom. The van der Waals surface area contributed by atoms with Crippen LogP contribution < -0.4 is 9.64 Å². The van der Waals surface area contributed by atoms with Crippen molar-refractivity contribution < 1.29 is 34.0 Å². The highest BCUT2D eigenvalue weighted by molar-refractivity contribution is 6.27. The molecule has 0 saturated carbocycles. The Bertz CT molecular complexity index is 920. The Hall–Kier alpha value is -2.94. The summed E-state index contributed by atoms with van der Waals surface area (Å²) >= 11 is 0. The van der Waals surface area contributed by atoms with Crippen LogP contribution in [-0.4, -0.2) is 90.2 Å². The Balaban J connectivity index is 0.000000481. The molecular weight excluding hydrogens is 444 g/mol. The van der Waals surface area contributed by atoms with E-state index in [1.165, 1.54) is 12.8 Å². The molecule has 0 aliphatic carbocycles. The maximum absolute atomic E-state index is 9.90. The fraction of sp³-hybridized carbons (Fsp3) is 0.652. The summed E-state index contributed by atoms with van der Waals surface area (Å²) in [6.45, 7) is 11.4. The van der Waals surface area contributed by atoms with Gasteiger partial charge in [-0.3, -0.25) is 4.90 Å². The molecule has 3 aliphatic rings.